The number of ether oxygens (including phenoxy) is 1. The Bertz CT molecular complexity index is 2400. The van der Waals surface area contributed by atoms with E-state index in [1.54, 1.807) is 0 Å². The maximum atomic E-state index is 6.74. The molecule has 7 rings (SSSR count). The van der Waals surface area contributed by atoms with Gasteiger partial charge in [-0.3, -0.25) is 4.68 Å². The van der Waals surface area contributed by atoms with Crippen LogP contribution in [0.3, 0.4) is 0 Å². The van der Waals surface area contributed by atoms with Gasteiger partial charge < -0.3 is 9.30 Å². The van der Waals surface area contributed by atoms with Crippen LogP contribution in [0.15, 0.2) is 78.5 Å². The molecule has 0 spiro atoms. The van der Waals surface area contributed by atoms with Crippen LogP contribution in [-0.4, -0.2) is 19.3 Å². The molecule has 6 heteroatoms. The molecule has 3 aromatic carbocycles. The standard InChI is InChI=1S/C50H60N4O.Pt/c1-30(2)22-35-20-21-51-46(25-35)53-44-17-15-14-16-40(44)41-19-18-38(29-45(41)53)55-39-27-36(31(3)4)26-37(28-39)54-34(7)47(33(6)52-54)48-42(49(8,9)10)23-32(5)24-43(48)50(11,12)13;/h14-21,23,25-27,30-32,43,48H,22,24H2,1-13H3;/q-2;+2/t32-,43-,48?;/m0./s1. The van der Waals surface area contributed by atoms with Crippen LogP contribution in [-0.2, 0) is 27.5 Å². The molecule has 3 aromatic heterocycles. The van der Waals surface area contributed by atoms with E-state index in [0.29, 0.717) is 35.2 Å². The first-order valence-electron chi connectivity index (χ1n) is 20.3. The predicted molar refractivity (Wildman–Crippen MR) is 229 cm³/mol. The fraction of sp³-hybridized carbons (Fsp3) is 0.440. The van der Waals surface area contributed by atoms with Crippen LogP contribution in [0.4, 0.5) is 0 Å². The number of hydrogen-bond acceptors (Lipinski definition) is 3. The molecule has 0 saturated heterocycles. The zero-order valence-corrected chi connectivity index (χ0v) is 38.0. The number of pyridine rings is 1. The van der Waals surface area contributed by atoms with E-state index in [4.69, 9.17) is 14.8 Å². The van der Waals surface area contributed by atoms with Gasteiger partial charge in [-0.15, -0.1) is 41.3 Å². The van der Waals surface area contributed by atoms with Gasteiger partial charge >= 0.3 is 21.1 Å². The van der Waals surface area contributed by atoms with Gasteiger partial charge in [0.05, 0.1) is 5.69 Å². The Morgan fingerprint density at radius 2 is 1.61 bits per heavy atom. The number of allylic oxidation sites excluding steroid dienone is 2. The van der Waals surface area contributed by atoms with E-state index >= 15 is 0 Å². The third-order valence-electron chi connectivity index (χ3n) is 11.7. The molecule has 1 unspecified atom stereocenters. The molecule has 0 amide bonds. The molecule has 0 N–H and O–H groups in total. The zero-order valence-electron chi connectivity index (χ0n) is 35.7. The summed E-state index contributed by atoms with van der Waals surface area (Å²) in [4.78, 5) is 4.85. The predicted octanol–water partition coefficient (Wildman–Crippen LogP) is 13.5. The second kappa shape index (κ2) is 15.8. The monoisotopic (exact) mass is 927 g/mol. The van der Waals surface area contributed by atoms with E-state index < -0.39 is 0 Å². The average molecular weight is 928 g/mol. The Balaban J connectivity index is 0.00000532. The van der Waals surface area contributed by atoms with Crippen LogP contribution in [0, 0.1) is 54.6 Å². The number of aryl methyl sites for hydroxylation is 1. The first-order chi connectivity index (χ1) is 25.9. The van der Waals surface area contributed by atoms with Crippen LogP contribution in [0.5, 0.6) is 11.5 Å². The Hall–Kier alpha value is -3.95. The normalized spacial score (nSPS) is 17.8. The fourth-order valence-corrected chi connectivity index (χ4v) is 9.02. The maximum absolute atomic E-state index is 6.74. The SMILES string of the molecule is Cc1nn(-c2[c-]c(Oc3[c-]c4c(cc3)c3ccccc3n4-c3cc(CC(C)C)ccn3)cc(C(C)C)c2)c(C)c1C1C(C(C)(C)C)=C[C@H](C)C[C@@H]1C(C)(C)C.[Pt+2]. The molecule has 1 aliphatic carbocycles. The van der Waals surface area contributed by atoms with Crippen molar-refractivity contribution in [3.63, 3.8) is 0 Å². The van der Waals surface area contributed by atoms with Crippen molar-refractivity contribution in [2.24, 2.45) is 28.6 Å². The van der Waals surface area contributed by atoms with Crippen molar-refractivity contribution < 1.29 is 25.8 Å². The average Bonchev–Trinajstić information content (AvgIpc) is 3.59. The van der Waals surface area contributed by atoms with Crippen LogP contribution >= 0.6 is 0 Å². The van der Waals surface area contributed by atoms with Gasteiger partial charge in [-0.05, 0) is 96.0 Å². The summed E-state index contributed by atoms with van der Waals surface area (Å²) in [5.41, 5.74) is 10.7. The van der Waals surface area contributed by atoms with E-state index in [9.17, 15) is 0 Å². The topological polar surface area (TPSA) is 44.9 Å². The summed E-state index contributed by atoms with van der Waals surface area (Å²) in [7, 11) is 0. The molecule has 3 atom stereocenters. The van der Waals surface area contributed by atoms with Crippen molar-refractivity contribution in [2.45, 2.75) is 115 Å². The van der Waals surface area contributed by atoms with Crippen molar-refractivity contribution in [1.82, 2.24) is 19.3 Å². The number of para-hydroxylation sites is 1. The van der Waals surface area contributed by atoms with E-state index in [-0.39, 0.29) is 37.8 Å². The number of rotatable bonds is 8. The molecule has 0 bridgehead atoms. The summed E-state index contributed by atoms with van der Waals surface area (Å²) < 4.78 is 11.1. The molecule has 0 radical (unpaired) electrons. The number of aromatic nitrogens is 4. The molecule has 3 heterocycles. The van der Waals surface area contributed by atoms with Gasteiger partial charge in [0.1, 0.15) is 5.82 Å². The molecule has 1 aliphatic rings. The molecule has 0 fully saturated rings. The molecule has 0 aliphatic heterocycles. The molecule has 296 valence electrons. The number of nitrogens with zero attached hydrogens (tertiary/aromatic N) is 4. The summed E-state index contributed by atoms with van der Waals surface area (Å²) in [6.07, 6.45) is 6.65. The Labute approximate surface area is 350 Å². The number of fused-ring (bicyclic) bond motifs is 3. The summed E-state index contributed by atoms with van der Waals surface area (Å²) in [6, 6.07) is 28.7. The largest absolute Gasteiger partial charge is 2.00 e. The van der Waals surface area contributed by atoms with Crippen molar-refractivity contribution in [3.05, 3.63) is 119 Å². The van der Waals surface area contributed by atoms with Crippen LogP contribution < -0.4 is 4.74 Å². The van der Waals surface area contributed by atoms with Crippen molar-refractivity contribution in [3.8, 4) is 23.0 Å². The molecular weight excluding hydrogens is 868 g/mol. The van der Waals surface area contributed by atoms with Gasteiger partial charge in [0, 0.05) is 40.4 Å². The third kappa shape index (κ3) is 8.08. The van der Waals surface area contributed by atoms with Gasteiger partial charge in [-0.1, -0.05) is 112 Å². The Morgan fingerprint density at radius 1 is 0.875 bits per heavy atom. The number of benzene rings is 3. The van der Waals surface area contributed by atoms with Crippen molar-refractivity contribution >= 4 is 21.8 Å². The minimum Gasteiger partial charge on any atom is -0.509 e. The quantitative estimate of drug-likeness (QED) is 0.113. The number of hydrogen-bond donors (Lipinski definition) is 0. The minimum absolute atomic E-state index is 0. The van der Waals surface area contributed by atoms with E-state index in [1.165, 1.54) is 34.4 Å². The Morgan fingerprint density at radius 3 is 2.29 bits per heavy atom. The summed E-state index contributed by atoms with van der Waals surface area (Å²) in [5, 5.41) is 7.56. The molecule has 56 heavy (non-hydrogen) atoms. The summed E-state index contributed by atoms with van der Waals surface area (Å²) in [5.74, 6) is 4.35. The first-order valence-corrected chi connectivity index (χ1v) is 20.3. The second-order valence-corrected chi connectivity index (χ2v) is 19.0. The summed E-state index contributed by atoms with van der Waals surface area (Å²) in [6.45, 7) is 30.1. The van der Waals surface area contributed by atoms with Gasteiger partial charge in [0.15, 0.2) is 0 Å². The molecule has 6 aromatic rings. The van der Waals surface area contributed by atoms with Gasteiger partial charge in [0.25, 0.3) is 0 Å². The maximum Gasteiger partial charge on any atom is 2.00 e. The van der Waals surface area contributed by atoms with E-state index in [0.717, 1.165) is 45.4 Å². The third-order valence-corrected chi connectivity index (χ3v) is 11.7. The minimum atomic E-state index is 0. The molecule has 5 nitrogen and oxygen atoms in total. The molecular formula is C50H60N4OPt. The van der Waals surface area contributed by atoms with E-state index in [1.807, 2.05) is 12.3 Å². The fourth-order valence-electron chi connectivity index (χ4n) is 9.02. The van der Waals surface area contributed by atoms with Crippen LogP contribution in [0.25, 0.3) is 33.3 Å². The van der Waals surface area contributed by atoms with Crippen LogP contribution in [0.2, 0.25) is 0 Å². The van der Waals surface area contributed by atoms with Gasteiger partial charge in [-0.2, -0.15) is 11.2 Å². The summed E-state index contributed by atoms with van der Waals surface area (Å²) >= 11 is 0. The van der Waals surface area contributed by atoms with Gasteiger partial charge in [0.2, 0.25) is 0 Å². The van der Waals surface area contributed by atoms with Crippen molar-refractivity contribution in [2.75, 3.05) is 0 Å². The first kappa shape index (κ1) is 41.7. The smallest absolute Gasteiger partial charge is 0.509 e. The van der Waals surface area contributed by atoms with E-state index in [2.05, 4.69) is 172 Å². The second-order valence-electron chi connectivity index (χ2n) is 19.0. The zero-order chi connectivity index (χ0) is 39.6. The Kier molecular flexibility index (Phi) is 11.7. The molecule has 0 saturated carbocycles. The van der Waals surface area contributed by atoms with Crippen molar-refractivity contribution in [1.29, 1.82) is 0 Å². The van der Waals surface area contributed by atoms with Gasteiger partial charge in [-0.25, -0.2) is 4.98 Å². The van der Waals surface area contributed by atoms with Crippen LogP contribution in [0.1, 0.15) is 122 Å².